The van der Waals surface area contributed by atoms with E-state index in [9.17, 15) is 13.2 Å². The molecule has 176 valence electrons. The molecule has 0 saturated carbocycles. The van der Waals surface area contributed by atoms with Gasteiger partial charge in [0, 0.05) is 25.3 Å². The SMILES string of the molecule is Cc1ccc(S(=O)(=O)n2ccc3c(N4CCC[C@H](NC(=O)OC(C)(C)C)C4)ncnc32)cc1. The Kier molecular flexibility index (Phi) is 6.04. The van der Waals surface area contributed by atoms with Gasteiger partial charge in [0.1, 0.15) is 17.7 Å². The molecule has 1 aliphatic rings. The van der Waals surface area contributed by atoms with E-state index in [1.165, 1.54) is 16.5 Å². The van der Waals surface area contributed by atoms with E-state index in [1.54, 1.807) is 30.3 Å². The van der Waals surface area contributed by atoms with Crippen molar-refractivity contribution in [3.8, 4) is 0 Å². The number of nitrogens with zero attached hydrogens (tertiary/aromatic N) is 4. The van der Waals surface area contributed by atoms with Gasteiger partial charge in [0.15, 0.2) is 5.65 Å². The van der Waals surface area contributed by atoms with Crippen LogP contribution in [0.5, 0.6) is 0 Å². The number of nitrogens with one attached hydrogen (secondary N) is 1. The van der Waals surface area contributed by atoms with E-state index in [-0.39, 0.29) is 10.9 Å². The Morgan fingerprint density at radius 2 is 1.88 bits per heavy atom. The lowest BCUT2D eigenvalue weighted by Gasteiger charge is -2.34. The van der Waals surface area contributed by atoms with Crippen molar-refractivity contribution < 1.29 is 17.9 Å². The number of benzene rings is 1. The highest BCUT2D eigenvalue weighted by Crippen LogP contribution is 2.29. The maximum absolute atomic E-state index is 13.2. The summed E-state index contributed by atoms with van der Waals surface area (Å²) in [5.74, 6) is 0.647. The van der Waals surface area contributed by atoms with Gasteiger partial charge in [-0.05, 0) is 58.7 Å². The standard InChI is InChI=1S/C23H29N5O4S/c1-16-7-9-18(10-8-16)33(30,31)28-13-11-19-20(24-15-25-21(19)28)27-12-5-6-17(14-27)26-22(29)32-23(2,3)4/h7-11,13,15,17H,5-6,12,14H2,1-4H3,(H,26,29)/t17-/m0/s1. The van der Waals surface area contributed by atoms with E-state index in [2.05, 4.69) is 20.2 Å². The van der Waals surface area contributed by atoms with Crippen LogP contribution < -0.4 is 10.2 Å². The lowest BCUT2D eigenvalue weighted by atomic mass is 10.1. The smallest absolute Gasteiger partial charge is 0.407 e. The van der Waals surface area contributed by atoms with Crippen LogP contribution in [0.4, 0.5) is 10.6 Å². The molecule has 2 aromatic heterocycles. The first-order valence-corrected chi connectivity index (χ1v) is 12.4. The van der Waals surface area contributed by atoms with E-state index in [0.717, 1.165) is 24.9 Å². The van der Waals surface area contributed by atoms with E-state index in [0.29, 0.717) is 23.4 Å². The molecule has 1 aromatic carbocycles. The predicted molar refractivity (Wildman–Crippen MR) is 126 cm³/mol. The Balaban J connectivity index is 1.60. The molecule has 0 unspecified atom stereocenters. The molecular formula is C23H29N5O4S. The number of carbonyl (C=O) groups is 1. The van der Waals surface area contributed by atoms with Crippen LogP contribution in [0.2, 0.25) is 0 Å². The minimum absolute atomic E-state index is 0.100. The summed E-state index contributed by atoms with van der Waals surface area (Å²) in [6, 6.07) is 8.35. The molecule has 1 amide bonds. The van der Waals surface area contributed by atoms with Crippen LogP contribution in [0.15, 0.2) is 47.8 Å². The van der Waals surface area contributed by atoms with E-state index < -0.39 is 21.7 Å². The zero-order valence-corrected chi connectivity index (χ0v) is 20.1. The summed E-state index contributed by atoms with van der Waals surface area (Å²) < 4.78 is 33.0. The monoisotopic (exact) mass is 471 g/mol. The number of ether oxygens (including phenoxy) is 1. The number of alkyl carbamates (subject to hydrolysis) is 1. The Bertz CT molecular complexity index is 1260. The summed E-state index contributed by atoms with van der Waals surface area (Å²) in [4.78, 5) is 23.2. The Hall–Kier alpha value is -3.14. The molecule has 10 heteroatoms. The molecular weight excluding hydrogens is 442 g/mol. The number of hydrogen-bond acceptors (Lipinski definition) is 7. The van der Waals surface area contributed by atoms with E-state index >= 15 is 0 Å². The summed E-state index contributed by atoms with van der Waals surface area (Å²) in [6.45, 7) is 8.67. The van der Waals surface area contributed by atoms with Gasteiger partial charge in [-0.25, -0.2) is 27.2 Å². The third-order valence-electron chi connectivity index (χ3n) is 5.45. The lowest BCUT2D eigenvalue weighted by molar-refractivity contribution is 0.0500. The van der Waals surface area contributed by atoms with Gasteiger partial charge in [-0.15, -0.1) is 0 Å². The van der Waals surface area contributed by atoms with Crippen molar-refractivity contribution in [2.45, 2.75) is 57.1 Å². The maximum Gasteiger partial charge on any atom is 0.407 e. The van der Waals surface area contributed by atoms with Gasteiger partial charge in [-0.2, -0.15) is 0 Å². The quantitative estimate of drug-likeness (QED) is 0.621. The number of piperidine rings is 1. The van der Waals surface area contributed by atoms with Crippen LogP contribution in [0.1, 0.15) is 39.2 Å². The van der Waals surface area contributed by atoms with E-state index in [4.69, 9.17) is 4.74 Å². The summed E-state index contributed by atoms with van der Waals surface area (Å²) in [7, 11) is -3.80. The van der Waals surface area contributed by atoms with Crippen molar-refractivity contribution in [1.29, 1.82) is 0 Å². The molecule has 3 aromatic rings. The Morgan fingerprint density at radius 3 is 2.58 bits per heavy atom. The van der Waals surface area contributed by atoms with Crippen molar-refractivity contribution in [1.82, 2.24) is 19.3 Å². The van der Waals surface area contributed by atoms with Crippen LogP contribution in [-0.2, 0) is 14.8 Å². The molecule has 33 heavy (non-hydrogen) atoms. The maximum atomic E-state index is 13.2. The molecule has 9 nitrogen and oxygen atoms in total. The van der Waals surface area contributed by atoms with Gasteiger partial charge in [0.2, 0.25) is 0 Å². The largest absolute Gasteiger partial charge is 0.444 e. The van der Waals surface area contributed by atoms with Crippen LogP contribution in [-0.4, -0.2) is 53.2 Å². The number of fused-ring (bicyclic) bond motifs is 1. The van der Waals surface area contributed by atoms with Crippen LogP contribution >= 0.6 is 0 Å². The second-order valence-electron chi connectivity index (χ2n) is 9.30. The van der Waals surface area contributed by atoms with Gasteiger partial charge in [0.05, 0.1) is 10.3 Å². The van der Waals surface area contributed by atoms with Gasteiger partial charge >= 0.3 is 6.09 Å². The zero-order chi connectivity index (χ0) is 23.8. The first kappa shape index (κ1) is 23.0. The average Bonchev–Trinajstić information content (AvgIpc) is 3.18. The van der Waals surface area contributed by atoms with Crippen molar-refractivity contribution in [3.05, 3.63) is 48.4 Å². The molecule has 0 bridgehead atoms. The number of carbonyl (C=O) groups excluding carboxylic acids is 1. The zero-order valence-electron chi connectivity index (χ0n) is 19.3. The first-order chi connectivity index (χ1) is 15.5. The fraction of sp³-hybridized carbons (Fsp3) is 0.435. The minimum Gasteiger partial charge on any atom is -0.444 e. The minimum atomic E-state index is -3.80. The summed E-state index contributed by atoms with van der Waals surface area (Å²) in [6.07, 6.45) is 4.13. The van der Waals surface area contributed by atoms with Gasteiger partial charge < -0.3 is 15.0 Å². The molecule has 1 aliphatic heterocycles. The third kappa shape index (κ3) is 4.95. The van der Waals surface area contributed by atoms with Gasteiger partial charge in [0.25, 0.3) is 10.0 Å². The second kappa shape index (κ2) is 8.66. The molecule has 0 radical (unpaired) electrons. The summed E-state index contributed by atoms with van der Waals surface area (Å²) in [5, 5.41) is 3.58. The fourth-order valence-electron chi connectivity index (χ4n) is 3.95. The molecule has 4 rings (SSSR count). The number of hydrogen-bond donors (Lipinski definition) is 1. The van der Waals surface area contributed by atoms with Gasteiger partial charge in [-0.1, -0.05) is 17.7 Å². The van der Waals surface area contributed by atoms with Crippen LogP contribution in [0.3, 0.4) is 0 Å². The molecule has 3 heterocycles. The normalized spacial score (nSPS) is 17.2. The highest BCUT2D eigenvalue weighted by Gasteiger charge is 2.27. The average molecular weight is 472 g/mol. The van der Waals surface area contributed by atoms with Crippen LogP contribution in [0, 0.1) is 6.92 Å². The predicted octanol–water partition coefficient (Wildman–Crippen LogP) is 3.47. The molecule has 1 saturated heterocycles. The van der Waals surface area contributed by atoms with E-state index in [1.807, 2.05) is 27.7 Å². The van der Waals surface area contributed by atoms with Crippen molar-refractivity contribution >= 4 is 33.0 Å². The van der Waals surface area contributed by atoms with Crippen molar-refractivity contribution in [2.75, 3.05) is 18.0 Å². The summed E-state index contributed by atoms with van der Waals surface area (Å²) >= 11 is 0. The topological polar surface area (TPSA) is 106 Å². The lowest BCUT2D eigenvalue weighted by Crippen LogP contribution is -2.49. The second-order valence-corrected chi connectivity index (χ2v) is 11.1. The molecule has 1 fully saturated rings. The number of aromatic nitrogens is 3. The van der Waals surface area contributed by atoms with Crippen LogP contribution in [0.25, 0.3) is 11.0 Å². The fourth-order valence-corrected chi connectivity index (χ4v) is 5.25. The number of aryl methyl sites for hydroxylation is 1. The molecule has 1 atom stereocenters. The number of amides is 1. The Morgan fingerprint density at radius 1 is 1.15 bits per heavy atom. The molecule has 0 aliphatic carbocycles. The number of rotatable bonds is 4. The summed E-state index contributed by atoms with van der Waals surface area (Å²) in [5.41, 5.74) is 0.738. The highest BCUT2D eigenvalue weighted by molar-refractivity contribution is 7.90. The molecule has 1 N–H and O–H groups in total. The van der Waals surface area contributed by atoms with Crippen molar-refractivity contribution in [3.63, 3.8) is 0 Å². The molecule has 0 spiro atoms. The first-order valence-electron chi connectivity index (χ1n) is 10.9. The van der Waals surface area contributed by atoms with Crippen molar-refractivity contribution in [2.24, 2.45) is 0 Å². The Labute approximate surface area is 193 Å². The third-order valence-corrected chi connectivity index (χ3v) is 7.13. The highest BCUT2D eigenvalue weighted by atomic mass is 32.2. The van der Waals surface area contributed by atoms with Gasteiger partial charge in [-0.3, -0.25) is 0 Å². The number of anilines is 1.